The predicted octanol–water partition coefficient (Wildman–Crippen LogP) is 4.40. The van der Waals surface area contributed by atoms with Crippen LogP contribution in [0.4, 0.5) is 0 Å². The van der Waals surface area contributed by atoms with Crippen molar-refractivity contribution in [2.75, 3.05) is 27.1 Å². The molecule has 8 nitrogen and oxygen atoms in total. The van der Waals surface area contributed by atoms with Gasteiger partial charge >= 0.3 is 0 Å². The molecule has 0 aliphatic carbocycles. The van der Waals surface area contributed by atoms with Crippen molar-refractivity contribution in [3.05, 3.63) is 95.1 Å². The third kappa shape index (κ3) is 4.00. The summed E-state index contributed by atoms with van der Waals surface area (Å²) in [5.41, 5.74) is 2.04. The largest absolute Gasteiger partial charge is 0.275 e. The number of amides is 4. The van der Waals surface area contributed by atoms with Crippen LogP contribution in [0.2, 0.25) is 0 Å². The lowest BCUT2D eigenvalue weighted by Gasteiger charge is -2.38. The first-order valence-corrected chi connectivity index (χ1v) is 12.9. The SMILES string of the molecule is CC(C)N(CN(C)CN1C(=O)c2cccc3cccc(c23)C1=O)CN1C(=O)c2cccc3cccc(c23)C1=O. The maximum Gasteiger partial charge on any atom is 0.262 e. The van der Waals surface area contributed by atoms with Gasteiger partial charge in [0.1, 0.15) is 0 Å². The van der Waals surface area contributed by atoms with Crippen LogP contribution in [-0.2, 0) is 0 Å². The van der Waals surface area contributed by atoms with E-state index in [0.29, 0.717) is 39.7 Å². The summed E-state index contributed by atoms with van der Waals surface area (Å²) < 4.78 is 0. The molecule has 4 aromatic carbocycles. The molecule has 0 spiro atoms. The Kier molecular flexibility index (Phi) is 6.01. The Hall–Kier alpha value is -4.40. The highest BCUT2D eigenvalue weighted by Gasteiger charge is 2.36. The van der Waals surface area contributed by atoms with Crippen LogP contribution in [-0.4, -0.2) is 76.3 Å². The smallest absolute Gasteiger partial charge is 0.262 e. The van der Waals surface area contributed by atoms with E-state index in [-0.39, 0.29) is 43.0 Å². The van der Waals surface area contributed by atoms with Crippen LogP contribution in [0.1, 0.15) is 55.3 Å². The number of hydrogen-bond donors (Lipinski definition) is 0. The van der Waals surface area contributed by atoms with Gasteiger partial charge in [0.25, 0.3) is 23.6 Å². The van der Waals surface area contributed by atoms with Crippen LogP contribution in [0.5, 0.6) is 0 Å². The second kappa shape index (κ2) is 9.41. The zero-order valence-corrected chi connectivity index (χ0v) is 22.0. The molecule has 0 N–H and O–H groups in total. The van der Waals surface area contributed by atoms with Gasteiger partial charge in [0.2, 0.25) is 0 Å². The molecule has 0 radical (unpaired) electrons. The van der Waals surface area contributed by atoms with Crippen LogP contribution < -0.4 is 0 Å². The van der Waals surface area contributed by atoms with Gasteiger partial charge in [-0.15, -0.1) is 0 Å². The number of rotatable bonds is 7. The molecule has 2 aliphatic heterocycles. The van der Waals surface area contributed by atoms with Crippen LogP contribution in [0.25, 0.3) is 21.5 Å². The Balaban J connectivity index is 1.22. The summed E-state index contributed by atoms with van der Waals surface area (Å²) in [6.07, 6.45) is 0. The van der Waals surface area contributed by atoms with Gasteiger partial charge in [-0.2, -0.15) is 0 Å². The van der Waals surface area contributed by atoms with Crippen molar-refractivity contribution >= 4 is 45.2 Å². The van der Waals surface area contributed by atoms with Crippen molar-refractivity contribution in [3.63, 3.8) is 0 Å². The van der Waals surface area contributed by atoms with Gasteiger partial charge in [-0.1, -0.05) is 48.5 Å². The molecule has 0 saturated carbocycles. The molecule has 8 heteroatoms. The zero-order chi connectivity index (χ0) is 27.4. The number of imide groups is 2. The molecule has 0 unspecified atom stereocenters. The van der Waals surface area contributed by atoms with E-state index in [1.165, 1.54) is 9.80 Å². The van der Waals surface area contributed by atoms with Gasteiger partial charge in [-0.3, -0.25) is 38.8 Å². The second-order valence-corrected chi connectivity index (χ2v) is 10.5. The van der Waals surface area contributed by atoms with Crippen LogP contribution in [0.15, 0.2) is 72.8 Å². The van der Waals surface area contributed by atoms with Crippen molar-refractivity contribution in [3.8, 4) is 0 Å². The molecular weight excluding hydrogens is 492 g/mol. The van der Waals surface area contributed by atoms with Gasteiger partial charge < -0.3 is 0 Å². The van der Waals surface area contributed by atoms with Crippen molar-refractivity contribution in [1.29, 1.82) is 0 Å². The van der Waals surface area contributed by atoms with Crippen LogP contribution >= 0.6 is 0 Å². The average molecular weight is 521 g/mol. The average Bonchev–Trinajstić information content (AvgIpc) is 2.94. The highest BCUT2D eigenvalue weighted by atomic mass is 16.2. The summed E-state index contributed by atoms with van der Waals surface area (Å²) >= 11 is 0. The van der Waals surface area contributed by atoms with Crippen molar-refractivity contribution in [1.82, 2.24) is 19.6 Å². The van der Waals surface area contributed by atoms with Crippen molar-refractivity contribution in [2.45, 2.75) is 19.9 Å². The monoisotopic (exact) mass is 520 g/mol. The second-order valence-electron chi connectivity index (χ2n) is 10.5. The molecule has 39 heavy (non-hydrogen) atoms. The van der Waals surface area contributed by atoms with Crippen molar-refractivity contribution < 1.29 is 19.2 Å². The highest BCUT2D eigenvalue weighted by Crippen LogP contribution is 2.31. The molecule has 2 aliphatic rings. The van der Waals surface area contributed by atoms with Crippen LogP contribution in [0.3, 0.4) is 0 Å². The lowest BCUT2D eigenvalue weighted by molar-refractivity contribution is 0.0251. The van der Waals surface area contributed by atoms with Gasteiger partial charge in [-0.25, -0.2) is 0 Å². The molecule has 0 atom stereocenters. The number of hydrogen-bond acceptors (Lipinski definition) is 6. The molecule has 4 aromatic rings. The number of carbonyl (C=O) groups excluding carboxylic acids is 4. The molecule has 196 valence electrons. The number of nitrogens with zero attached hydrogens (tertiary/aromatic N) is 4. The fourth-order valence-electron chi connectivity index (χ4n) is 5.57. The molecule has 6 rings (SSSR count). The fourth-order valence-corrected chi connectivity index (χ4v) is 5.57. The highest BCUT2D eigenvalue weighted by molar-refractivity contribution is 6.26. The molecule has 4 amide bonds. The van der Waals surface area contributed by atoms with E-state index in [2.05, 4.69) is 0 Å². The summed E-state index contributed by atoms with van der Waals surface area (Å²) in [7, 11) is 1.81. The lowest BCUT2D eigenvalue weighted by Crippen LogP contribution is -2.53. The first-order valence-electron chi connectivity index (χ1n) is 12.9. The molecule has 0 fully saturated rings. The van der Waals surface area contributed by atoms with Crippen LogP contribution in [0, 0.1) is 0 Å². The number of benzene rings is 4. The Bertz CT molecular complexity index is 1590. The molecule has 2 heterocycles. The normalized spacial score (nSPS) is 15.1. The van der Waals surface area contributed by atoms with E-state index >= 15 is 0 Å². The zero-order valence-electron chi connectivity index (χ0n) is 22.0. The van der Waals surface area contributed by atoms with Gasteiger partial charge in [-0.05, 0) is 55.9 Å². The Morgan fingerprint density at radius 3 is 1.31 bits per heavy atom. The Labute approximate surface area is 226 Å². The molecule has 0 aromatic heterocycles. The molecular formula is C31H28N4O4. The standard InChI is InChI=1S/C31H28N4O4/c1-19(2)33(18-35-30(38)24-14-6-10-21-11-7-15-25(27(21)24)31(35)39)16-32(3)17-34-28(36)22-12-4-8-20-9-5-13-23(26(20)22)29(34)37/h4-15,19H,16-18H2,1-3H3. The van der Waals surface area contributed by atoms with Gasteiger partial charge in [0.15, 0.2) is 0 Å². The first-order chi connectivity index (χ1) is 18.8. The van der Waals surface area contributed by atoms with E-state index in [0.717, 1.165) is 10.8 Å². The predicted molar refractivity (Wildman–Crippen MR) is 148 cm³/mol. The van der Waals surface area contributed by atoms with E-state index in [4.69, 9.17) is 0 Å². The summed E-state index contributed by atoms with van der Waals surface area (Å²) in [4.78, 5) is 59.9. The maximum atomic E-state index is 13.4. The summed E-state index contributed by atoms with van der Waals surface area (Å²) in [6, 6.07) is 21.9. The maximum absolute atomic E-state index is 13.4. The minimum atomic E-state index is -0.335. The van der Waals surface area contributed by atoms with E-state index in [9.17, 15) is 19.2 Å². The Morgan fingerprint density at radius 1 is 0.590 bits per heavy atom. The first kappa shape index (κ1) is 24.9. The topological polar surface area (TPSA) is 81.2 Å². The minimum Gasteiger partial charge on any atom is -0.275 e. The van der Waals surface area contributed by atoms with Crippen molar-refractivity contribution in [2.24, 2.45) is 0 Å². The van der Waals surface area contributed by atoms with E-state index < -0.39 is 0 Å². The lowest BCUT2D eigenvalue weighted by atomic mass is 9.94. The molecule has 0 saturated heterocycles. The fraction of sp³-hybridized carbons (Fsp3) is 0.226. The summed E-state index contributed by atoms with van der Waals surface area (Å²) in [5, 5.41) is 3.10. The van der Waals surface area contributed by atoms with E-state index in [1.54, 1.807) is 24.3 Å². The number of carbonyl (C=O) groups is 4. The quantitative estimate of drug-likeness (QED) is 0.265. The summed E-state index contributed by atoms with van der Waals surface area (Å²) in [6.45, 7) is 4.43. The summed E-state index contributed by atoms with van der Waals surface area (Å²) in [5.74, 6) is -1.33. The minimum absolute atomic E-state index is 0.0248. The third-order valence-corrected chi connectivity index (χ3v) is 7.57. The Morgan fingerprint density at radius 2 is 0.949 bits per heavy atom. The van der Waals surface area contributed by atoms with Gasteiger partial charge in [0, 0.05) is 39.1 Å². The molecule has 0 bridgehead atoms. The van der Waals surface area contributed by atoms with E-state index in [1.807, 2.05) is 79.2 Å². The van der Waals surface area contributed by atoms with Gasteiger partial charge in [0.05, 0.1) is 20.0 Å². The third-order valence-electron chi connectivity index (χ3n) is 7.57.